The molecule has 1 N–H and O–H groups in total. The molecule has 56 valence electrons. The number of rotatable bonds is 1. The summed E-state index contributed by atoms with van der Waals surface area (Å²) in [4.78, 5) is 13.6. The topological polar surface area (TPSA) is 37.8 Å². The van der Waals surface area contributed by atoms with Crippen molar-refractivity contribution in [3.05, 3.63) is 39.7 Å². The molecule has 3 nitrogen and oxygen atoms in total. The Morgan fingerprint density at radius 1 is 1.55 bits per heavy atom. The average Bonchev–Trinajstić information content (AvgIpc) is 2.55. The Morgan fingerprint density at radius 2 is 2.45 bits per heavy atom. The summed E-state index contributed by atoms with van der Waals surface area (Å²) in [7, 11) is 0. The van der Waals surface area contributed by atoms with Gasteiger partial charge in [0.05, 0.1) is 5.69 Å². The number of aromatic nitrogens is 2. The van der Waals surface area contributed by atoms with E-state index in [4.69, 9.17) is 0 Å². The van der Waals surface area contributed by atoms with Gasteiger partial charge in [-0.05, 0) is 11.4 Å². The van der Waals surface area contributed by atoms with Gasteiger partial charge in [-0.3, -0.25) is 4.57 Å². The van der Waals surface area contributed by atoms with E-state index >= 15 is 0 Å². The van der Waals surface area contributed by atoms with Gasteiger partial charge in [0, 0.05) is 17.8 Å². The van der Waals surface area contributed by atoms with Crippen molar-refractivity contribution in [1.29, 1.82) is 0 Å². The molecular formula is C7H6N2OS. The summed E-state index contributed by atoms with van der Waals surface area (Å²) in [6.45, 7) is 0. The molecule has 0 fully saturated rings. The molecule has 2 heterocycles. The smallest absolute Gasteiger partial charge is 0.312 e. The lowest BCUT2D eigenvalue weighted by molar-refractivity contribution is 0.993. The van der Waals surface area contributed by atoms with Crippen molar-refractivity contribution in [2.75, 3.05) is 0 Å². The van der Waals surface area contributed by atoms with Gasteiger partial charge in [0.25, 0.3) is 0 Å². The summed E-state index contributed by atoms with van der Waals surface area (Å²) in [5, 5.41) is 3.87. The van der Waals surface area contributed by atoms with Crippen LogP contribution in [0, 0.1) is 0 Å². The van der Waals surface area contributed by atoms with Gasteiger partial charge in [-0.2, -0.15) is 11.3 Å². The molecule has 0 amide bonds. The fourth-order valence-corrected chi connectivity index (χ4v) is 1.55. The second-order valence-electron chi connectivity index (χ2n) is 2.12. The molecule has 0 saturated heterocycles. The zero-order valence-electron chi connectivity index (χ0n) is 5.65. The van der Waals surface area contributed by atoms with Crippen molar-refractivity contribution >= 4 is 11.3 Å². The Hall–Kier alpha value is -1.29. The van der Waals surface area contributed by atoms with E-state index in [1.807, 2.05) is 16.8 Å². The third-order valence-corrected chi connectivity index (χ3v) is 2.10. The maximum atomic E-state index is 11.0. The summed E-state index contributed by atoms with van der Waals surface area (Å²) < 4.78 is 1.57. The van der Waals surface area contributed by atoms with E-state index in [0.29, 0.717) is 0 Å². The molecule has 2 aromatic heterocycles. The van der Waals surface area contributed by atoms with Gasteiger partial charge >= 0.3 is 5.69 Å². The first-order chi connectivity index (χ1) is 5.38. The Bertz CT molecular complexity index is 384. The van der Waals surface area contributed by atoms with Crippen LogP contribution in [0.1, 0.15) is 0 Å². The van der Waals surface area contributed by atoms with Crippen molar-refractivity contribution in [3.8, 4) is 5.69 Å². The van der Waals surface area contributed by atoms with Gasteiger partial charge in [-0.15, -0.1) is 0 Å². The first kappa shape index (κ1) is 6.42. The SMILES string of the molecule is O=c1[nH]ccn1-c1ccsc1. The summed E-state index contributed by atoms with van der Waals surface area (Å²) >= 11 is 1.57. The van der Waals surface area contributed by atoms with E-state index in [2.05, 4.69) is 4.98 Å². The van der Waals surface area contributed by atoms with Crippen LogP contribution in [0.15, 0.2) is 34.0 Å². The van der Waals surface area contributed by atoms with E-state index in [9.17, 15) is 4.79 Å². The van der Waals surface area contributed by atoms with Crippen LogP contribution in [0.4, 0.5) is 0 Å². The second kappa shape index (κ2) is 2.39. The summed E-state index contributed by atoms with van der Waals surface area (Å²) in [5.41, 5.74) is 0.824. The van der Waals surface area contributed by atoms with Crippen LogP contribution >= 0.6 is 11.3 Å². The highest BCUT2D eigenvalue weighted by Crippen LogP contribution is 2.08. The molecule has 0 bridgehead atoms. The molecule has 0 atom stereocenters. The monoisotopic (exact) mass is 166 g/mol. The van der Waals surface area contributed by atoms with Crippen molar-refractivity contribution < 1.29 is 0 Å². The Kier molecular flexibility index (Phi) is 1.40. The molecule has 0 aliphatic rings. The number of H-pyrrole nitrogens is 1. The molecular weight excluding hydrogens is 160 g/mol. The van der Waals surface area contributed by atoms with Gasteiger partial charge in [-0.25, -0.2) is 4.79 Å². The number of nitrogens with zero attached hydrogens (tertiary/aromatic N) is 1. The minimum absolute atomic E-state index is 0.0941. The molecule has 2 aromatic rings. The summed E-state index contributed by atoms with van der Waals surface area (Å²) in [5.74, 6) is 0. The van der Waals surface area contributed by atoms with Crippen LogP contribution in [0.3, 0.4) is 0 Å². The van der Waals surface area contributed by atoms with Crippen LogP contribution in [-0.2, 0) is 0 Å². The molecule has 0 unspecified atom stereocenters. The molecule has 0 aromatic carbocycles. The first-order valence-electron chi connectivity index (χ1n) is 3.16. The van der Waals surface area contributed by atoms with Crippen LogP contribution in [0.2, 0.25) is 0 Å². The van der Waals surface area contributed by atoms with Gasteiger partial charge in [-0.1, -0.05) is 0 Å². The number of hydrogen-bond donors (Lipinski definition) is 1. The van der Waals surface area contributed by atoms with Gasteiger partial charge in [0.2, 0.25) is 0 Å². The molecule has 0 aliphatic carbocycles. The minimum atomic E-state index is -0.0941. The normalized spacial score (nSPS) is 10.2. The van der Waals surface area contributed by atoms with E-state index in [0.717, 1.165) is 5.69 Å². The van der Waals surface area contributed by atoms with Crippen molar-refractivity contribution in [2.24, 2.45) is 0 Å². The highest BCUT2D eigenvalue weighted by atomic mass is 32.1. The van der Waals surface area contributed by atoms with Crippen LogP contribution in [0.5, 0.6) is 0 Å². The van der Waals surface area contributed by atoms with Crippen LogP contribution in [0.25, 0.3) is 5.69 Å². The maximum Gasteiger partial charge on any atom is 0.330 e. The third kappa shape index (κ3) is 1.01. The fraction of sp³-hybridized carbons (Fsp3) is 0. The maximum absolute atomic E-state index is 11.0. The minimum Gasteiger partial charge on any atom is -0.312 e. The van der Waals surface area contributed by atoms with E-state index in [1.165, 1.54) is 0 Å². The summed E-state index contributed by atoms with van der Waals surface area (Å²) in [6.07, 6.45) is 3.34. The van der Waals surface area contributed by atoms with Crippen LogP contribution < -0.4 is 5.69 Å². The molecule has 0 spiro atoms. The molecule has 0 aliphatic heterocycles. The Labute approximate surface area is 66.9 Å². The van der Waals surface area contributed by atoms with Gasteiger partial charge in [0.15, 0.2) is 0 Å². The highest BCUT2D eigenvalue weighted by molar-refractivity contribution is 7.08. The second-order valence-corrected chi connectivity index (χ2v) is 2.90. The fourth-order valence-electron chi connectivity index (χ4n) is 0.918. The van der Waals surface area contributed by atoms with Gasteiger partial charge < -0.3 is 4.98 Å². The number of hydrogen-bond acceptors (Lipinski definition) is 2. The van der Waals surface area contributed by atoms with Crippen molar-refractivity contribution in [2.45, 2.75) is 0 Å². The number of aromatic amines is 1. The number of thiophene rings is 1. The van der Waals surface area contributed by atoms with Crippen molar-refractivity contribution in [3.63, 3.8) is 0 Å². The molecule has 11 heavy (non-hydrogen) atoms. The van der Waals surface area contributed by atoms with E-state index in [1.54, 1.807) is 28.3 Å². The highest BCUT2D eigenvalue weighted by Gasteiger charge is 1.97. The largest absolute Gasteiger partial charge is 0.330 e. The molecule has 0 radical (unpaired) electrons. The van der Waals surface area contributed by atoms with Crippen molar-refractivity contribution in [1.82, 2.24) is 9.55 Å². The summed E-state index contributed by atoms with van der Waals surface area (Å²) in [6, 6.07) is 1.90. The van der Waals surface area contributed by atoms with E-state index < -0.39 is 0 Å². The Balaban J connectivity index is 2.62. The molecule has 4 heteroatoms. The molecule has 0 saturated carbocycles. The quantitative estimate of drug-likeness (QED) is 0.679. The molecule has 2 rings (SSSR count). The lowest BCUT2D eigenvalue weighted by Gasteiger charge is -1.91. The number of imidazole rings is 1. The Morgan fingerprint density at radius 3 is 3.00 bits per heavy atom. The third-order valence-electron chi connectivity index (χ3n) is 1.43. The predicted molar refractivity (Wildman–Crippen MR) is 44.3 cm³/mol. The average molecular weight is 166 g/mol. The lowest BCUT2D eigenvalue weighted by atomic mass is 10.5. The van der Waals surface area contributed by atoms with E-state index in [-0.39, 0.29) is 5.69 Å². The first-order valence-corrected chi connectivity index (χ1v) is 4.11. The predicted octanol–water partition coefficient (Wildman–Crippen LogP) is 1.23. The van der Waals surface area contributed by atoms with Gasteiger partial charge in [0.1, 0.15) is 0 Å². The number of nitrogens with one attached hydrogen (secondary N) is 1. The zero-order chi connectivity index (χ0) is 7.68. The lowest BCUT2D eigenvalue weighted by Crippen LogP contribution is -2.12. The zero-order valence-corrected chi connectivity index (χ0v) is 6.47. The standard InChI is InChI=1S/C7H6N2OS/c10-7-8-2-3-9(7)6-1-4-11-5-6/h1-5H,(H,8,10). The van der Waals surface area contributed by atoms with Crippen LogP contribution in [-0.4, -0.2) is 9.55 Å².